The second-order valence-electron chi connectivity index (χ2n) is 2.91. The second-order valence-corrected chi connectivity index (χ2v) is 3.31. The largest absolute Gasteiger partial charge is 0.261 e. The van der Waals surface area contributed by atoms with Crippen LogP contribution in [-0.4, -0.2) is 15.0 Å². The zero-order valence-electron chi connectivity index (χ0n) is 7.61. The summed E-state index contributed by atoms with van der Waals surface area (Å²) in [7, 11) is 0. The van der Waals surface area contributed by atoms with Crippen molar-refractivity contribution >= 4 is 11.6 Å². The van der Waals surface area contributed by atoms with E-state index in [2.05, 4.69) is 15.0 Å². The first-order valence-corrected chi connectivity index (χ1v) is 4.53. The van der Waals surface area contributed by atoms with E-state index in [1.54, 1.807) is 12.4 Å². The topological polar surface area (TPSA) is 38.7 Å². The van der Waals surface area contributed by atoms with Crippen LogP contribution in [0.15, 0.2) is 30.9 Å². The molecule has 2 heterocycles. The molecule has 4 heteroatoms. The average molecular weight is 206 g/mol. The van der Waals surface area contributed by atoms with Crippen LogP contribution in [0.5, 0.6) is 0 Å². The molecule has 3 nitrogen and oxygen atoms in total. The summed E-state index contributed by atoms with van der Waals surface area (Å²) in [6.07, 6.45) is 4.80. The number of aryl methyl sites for hydroxylation is 1. The highest BCUT2D eigenvalue weighted by atomic mass is 35.5. The molecule has 2 aromatic heterocycles. The Morgan fingerprint density at radius 3 is 2.64 bits per heavy atom. The summed E-state index contributed by atoms with van der Waals surface area (Å²) < 4.78 is 0. The molecule has 0 saturated carbocycles. The van der Waals surface area contributed by atoms with Crippen LogP contribution in [0.4, 0.5) is 0 Å². The average Bonchev–Trinajstić information content (AvgIpc) is 2.20. The fourth-order valence-electron chi connectivity index (χ4n) is 1.13. The van der Waals surface area contributed by atoms with Gasteiger partial charge in [0, 0.05) is 23.7 Å². The lowest BCUT2D eigenvalue weighted by Crippen LogP contribution is -1.88. The van der Waals surface area contributed by atoms with Gasteiger partial charge in [-0.3, -0.25) is 4.98 Å². The van der Waals surface area contributed by atoms with Crippen molar-refractivity contribution in [3.05, 3.63) is 41.6 Å². The SMILES string of the molecule is Cc1ccc(-c2ncncc2Cl)cn1. The molecule has 0 aromatic carbocycles. The Morgan fingerprint density at radius 2 is 2.00 bits per heavy atom. The van der Waals surface area contributed by atoms with Crippen molar-refractivity contribution < 1.29 is 0 Å². The molecule has 0 radical (unpaired) electrons. The van der Waals surface area contributed by atoms with E-state index in [0.717, 1.165) is 11.3 Å². The van der Waals surface area contributed by atoms with Crippen molar-refractivity contribution in [1.82, 2.24) is 15.0 Å². The monoisotopic (exact) mass is 205 g/mol. The number of nitrogens with zero attached hydrogens (tertiary/aromatic N) is 3. The Hall–Kier alpha value is -1.48. The molecule has 0 N–H and O–H groups in total. The van der Waals surface area contributed by atoms with E-state index in [0.29, 0.717) is 10.7 Å². The smallest absolute Gasteiger partial charge is 0.116 e. The Bertz CT molecular complexity index is 439. The van der Waals surface area contributed by atoms with Crippen LogP contribution in [0.2, 0.25) is 5.02 Å². The molecule has 0 spiro atoms. The fourth-order valence-corrected chi connectivity index (χ4v) is 1.35. The van der Waals surface area contributed by atoms with Gasteiger partial charge in [0.1, 0.15) is 6.33 Å². The van der Waals surface area contributed by atoms with Crippen LogP contribution < -0.4 is 0 Å². The van der Waals surface area contributed by atoms with E-state index >= 15 is 0 Å². The van der Waals surface area contributed by atoms with Crippen molar-refractivity contribution in [3.8, 4) is 11.3 Å². The second kappa shape index (κ2) is 3.72. The Labute approximate surface area is 86.8 Å². The molecule has 0 aliphatic heterocycles. The summed E-state index contributed by atoms with van der Waals surface area (Å²) in [5.74, 6) is 0. The minimum absolute atomic E-state index is 0.540. The van der Waals surface area contributed by atoms with Gasteiger partial charge in [0.2, 0.25) is 0 Å². The number of pyridine rings is 1. The third kappa shape index (κ3) is 1.72. The maximum absolute atomic E-state index is 5.95. The van der Waals surface area contributed by atoms with Crippen LogP contribution in [-0.2, 0) is 0 Å². The van der Waals surface area contributed by atoms with E-state index in [1.807, 2.05) is 19.1 Å². The van der Waals surface area contributed by atoms with E-state index in [-0.39, 0.29) is 0 Å². The highest BCUT2D eigenvalue weighted by Crippen LogP contribution is 2.23. The first kappa shape index (κ1) is 9.09. The van der Waals surface area contributed by atoms with Gasteiger partial charge >= 0.3 is 0 Å². The van der Waals surface area contributed by atoms with Gasteiger partial charge in [0.15, 0.2) is 0 Å². The van der Waals surface area contributed by atoms with E-state index in [9.17, 15) is 0 Å². The first-order valence-electron chi connectivity index (χ1n) is 4.16. The normalized spacial score (nSPS) is 10.1. The van der Waals surface area contributed by atoms with E-state index in [1.165, 1.54) is 6.33 Å². The molecule has 14 heavy (non-hydrogen) atoms. The summed E-state index contributed by atoms with van der Waals surface area (Å²) in [5.41, 5.74) is 2.59. The summed E-state index contributed by atoms with van der Waals surface area (Å²) in [5, 5.41) is 0.540. The first-order chi connectivity index (χ1) is 6.77. The maximum Gasteiger partial charge on any atom is 0.116 e. The summed E-state index contributed by atoms with van der Waals surface area (Å²) in [4.78, 5) is 12.1. The zero-order chi connectivity index (χ0) is 9.97. The Morgan fingerprint density at radius 1 is 1.14 bits per heavy atom. The quantitative estimate of drug-likeness (QED) is 0.718. The number of rotatable bonds is 1. The molecular formula is C10H8ClN3. The standard InChI is InChI=1S/C10H8ClN3/c1-7-2-3-8(4-13-7)10-9(11)5-12-6-14-10/h2-6H,1H3. The summed E-state index contributed by atoms with van der Waals surface area (Å²) in [6, 6.07) is 3.87. The van der Waals surface area contributed by atoms with Gasteiger partial charge in [-0.2, -0.15) is 0 Å². The molecule has 0 atom stereocenters. The number of aromatic nitrogens is 3. The van der Waals surface area contributed by atoms with Gasteiger partial charge in [-0.1, -0.05) is 11.6 Å². The molecule has 0 amide bonds. The minimum atomic E-state index is 0.540. The fraction of sp³-hybridized carbons (Fsp3) is 0.100. The maximum atomic E-state index is 5.95. The molecule has 70 valence electrons. The van der Waals surface area contributed by atoms with Crippen LogP contribution in [0, 0.1) is 6.92 Å². The molecule has 0 aliphatic carbocycles. The molecule has 0 bridgehead atoms. The number of hydrogen-bond acceptors (Lipinski definition) is 3. The van der Waals surface area contributed by atoms with Gasteiger partial charge in [0.05, 0.1) is 10.7 Å². The van der Waals surface area contributed by atoms with Gasteiger partial charge < -0.3 is 0 Å². The van der Waals surface area contributed by atoms with Crippen LogP contribution in [0.1, 0.15) is 5.69 Å². The van der Waals surface area contributed by atoms with Gasteiger partial charge in [-0.05, 0) is 19.1 Å². The number of halogens is 1. The third-order valence-electron chi connectivity index (χ3n) is 1.85. The highest BCUT2D eigenvalue weighted by Gasteiger charge is 2.04. The molecule has 2 aromatic rings. The van der Waals surface area contributed by atoms with Crippen molar-refractivity contribution in [2.45, 2.75) is 6.92 Å². The van der Waals surface area contributed by atoms with Crippen LogP contribution in [0.3, 0.4) is 0 Å². The third-order valence-corrected chi connectivity index (χ3v) is 2.13. The van der Waals surface area contributed by atoms with Gasteiger partial charge in [0.25, 0.3) is 0 Å². The van der Waals surface area contributed by atoms with E-state index in [4.69, 9.17) is 11.6 Å². The van der Waals surface area contributed by atoms with E-state index < -0.39 is 0 Å². The minimum Gasteiger partial charge on any atom is -0.261 e. The lowest BCUT2D eigenvalue weighted by Gasteiger charge is -2.01. The van der Waals surface area contributed by atoms with Crippen molar-refractivity contribution in [3.63, 3.8) is 0 Å². The zero-order valence-corrected chi connectivity index (χ0v) is 8.36. The Balaban J connectivity index is 2.50. The molecule has 0 fully saturated rings. The molecule has 0 aliphatic rings. The molecule has 0 saturated heterocycles. The van der Waals surface area contributed by atoms with Crippen molar-refractivity contribution in [1.29, 1.82) is 0 Å². The lowest BCUT2D eigenvalue weighted by molar-refractivity contribution is 1.15. The van der Waals surface area contributed by atoms with Crippen molar-refractivity contribution in [2.75, 3.05) is 0 Å². The Kier molecular flexibility index (Phi) is 2.41. The predicted octanol–water partition coefficient (Wildman–Crippen LogP) is 2.50. The molecule has 0 unspecified atom stereocenters. The predicted molar refractivity (Wildman–Crippen MR) is 55.0 cm³/mol. The number of hydrogen-bond donors (Lipinski definition) is 0. The van der Waals surface area contributed by atoms with Gasteiger partial charge in [-0.25, -0.2) is 9.97 Å². The molecule has 2 rings (SSSR count). The van der Waals surface area contributed by atoms with Gasteiger partial charge in [-0.15, -0.1) is 0 Å². The molecular weight excluding hydrogens is 198 g/mol. The summed E-state index contributed by atoms with van der Waals surface area (Å²) in [6.45, 7) is 1.94. The lowest BCUT2D eigenvalue weighted by atomic mass is 10.2. The summed E-state index contributed by atoms with van der Waals surface area (Å²) >= 11 is 5.95. The van der Waals surface area contributed by atoms with Crippen molar-refractivity contribution in [2.24, 2.45) is 0 Å². The highest BCUT2D eigenvalue weighted by molar-refractivity contribution is 6.32. The van der Waals surface area contributed by atoms with Crippen LogP contribution in [0.25, 0.3) is 11.3 Å². The van der Waals surface area contributed by atoms with Crippen LogP contribution >= 0.6 is 11.6 Å².